The number of piperidine rings is 1. The molecule has 5 heteroatoms. The van der Waals surface area contributed by atoms with Gasteiger partial charge in [0, 0.05) is 25.5 Å². The molecule has 1 aliphatic heterocycles. The number of carbonyl (C=O) groups excluding carboxylic acids is 1. The molecule has 1 N–H and O–H groups in total. The van der Waals surface area contributed by atoms with E-state index in [1.165, 1.54) is 11.0 Å². The zero-order valence-corrected chi connectivity index (χ0v) is 9.48. The van der Waals surface area contributed by atoms with Crippen molar-refractivity contribution in [3.05, 3.63) is 22.9 Å². The standard InChI is InChI=1S/C11H17N3O2/c1-9(14-8-5-12-11(14)16)10(15)13-6-3-2-4-7-13/h5,8-9H,2-4,6-7H2,1H3,(H,12,16). The highest BCUT2D eigenvalue weighted by Gasteiger charge is 2.23. The Labute approximate surface area is 94.1 Å². The Kier molecular flexibility index (Phi) is 3.12. The van der Waals surface area contributed by atoms with E-state index in [9.17, 15) is 9.59 Å². The molecule has 0 saturated carbocycles. The molecule has 2 heterocycles. The molecule has 1 fully saturated rings. The molecule has 0 spiro atoms. The maximum absolute atomic E-state index is 12.1. The van der Waals surface area contributed by atoms with Gasteiger partial charge in [0.15, 0.2) is 0 Å². The van der Waals surface area contributed by atoms with E-state index in [4.69, 9.17) is 0 Å². The van der Waals surface area contributed by atoms with E-state index in [0.717, 1.165) is 25.9 Å². The zero-order chi connectivity index (χ0) is 11.5. The van der Waals surface area contributed by atoms with Crippen molar-refractivity contribution in [3.63, 3.8) is 0 Å². The van der Waals surface area contributed by atoms with Crippen molar-refractivity contribution in [2.75, 3.05) is 13.1 Å². The molecule has 5 nitrogen and oxygen atoms in total. The van der Waals surface area contributed by atoms with Crippen molar-refractivity contribution in [2.45, 2.75) is 32.2 Å². The van der Waals surface area contributed by atoms with E-state index >= 15 is 0 Å². The van der Waals surface area contributed by atoms with Crippen LogP contribution in [-0.4, -0.2) is 33.4 Å². The van der Waals surface area contributed by atoms with Crippen LogP contribution in [0.1, 0.15) is 32.2 Å². The Bertz CT molecular complexity index is 415. The second-order valence-corrected chi connectivity index (χ2v) is 4.23. The topological polar surface area (TPSA) is 58.1 Å². The molecule has 1 aromatic rings. The summed E-state index contributed by atoms with van der Waals surface area (Å²) < 4.78 is 1.44. The SMILES string of the molecule is CC(C(=O)N1CCCCC1)n1cc[nH]c1=O. The molecule has 0 radical (unpaired) electrons. The summed E-state index contributed by atoms with van der Waals surface area (Å²) in [5.41, 5.74) is -0.224. The molecule has 1 aromatic heterocycles. The van der Waals surface area contributed by atoms with Gasteiger partial charge in [0.05, 0.1) is 0 Å². The first-order chi connectivity index (χ1) is 7.70. The maximum atomic E-state index is 12.1. The number of aromatic nitrogens is 2. The van der Waals surface area contributed by atoms with Crippen LogP contribution in [0, 0.1) is 0 Å². The van der Waals surface area contributed by atoms with Gasteiger partial charge in [0.1, 0.15) is 6.04 Å². The van der Waals surface area contributed by atoms with Crippen molar-refractivity contribution in [2.24, 2.45) is 0 Å². The van der Waals surface area contributed by atoms with Crippen LogP contribution in [0.25, 0.3) is 0 Å². The highest BCUT2D eigenvalue weighted by atomic mass is 16.2. The molecule has 0 aliphatic carbocycles. The lowest BCUT2D eigenvalue weighted by molar-refractivity contribution is -0.135. The Hall–Kier alpha value is -1.52. The number of H-pyrrole nitrogens is 1. The Balaban J connectivity index is 2.09. The van der Waals surface area contributed by atoms with Crippen LogP contribution in [0.5, 0.6) is 0 Å². The van der Waals surface area contributed by atoms with Crippen molar-refractivity contribution >= 4 is 5.91 Å². The van der Waals surface area contributed by atoms with Gasteiger partial charge in [-0.15, -0.1) is 0 Å². The van der Waals surface area contributed by atoms with Gasteiger partial charge in [-0.3, -0.25) is 9.36 Å². The first-order valence-corrected chi connectivity index (χ1v) is 5.74. The summed E-state index contributed by atoms with van der Waals surface area (Å²) in [6, 6.07) is -0.406. The lowest BCUT2D eigenvalue weighted by Gasteiger charge is -2.29. The van der Waals surface area contributed by atoms with Crippen LogP contribution in [0.3, 0.4) is 0 Å². The van der Waals surface area contributed by atoms with Crippen LogP contribution < -0.4 is 5.69 Å². The first kappa shape index (κ1) is 11.0. The summed E-state index contributed by atoms with van der Waals surface area (Å²) in [6.07, 6.45) is 6.51. The Morgan fingerprint density at radius 1 is 1.38 bits per heavy atom. The van der Waals surface area contributed by atoms with Crippen LogP contribution in [0.4, 0.5) is 0 Å². The lowest BCUT2D eigenvalue weighted by Crippen LogP contribution is -2.41. The quantitative estimate of drug-likeness (QED) is 0.804. The molecular weight excluding hydrogens is 206 g/mol. The van der Waals surface area contributed by atoms with Crippen molar-refractivity contribution in [1.29, 1.82) is 0 Å². The minimum absolute atomic E-state index is 0.0430. The number of hydrogen-bond acceptors (Lipinski definition) is 2. The molecular formula is C11H17N3O2. The van der Waals surface area contributed by atoms with Crippen LogP contribution in [0.2, 0.25) is 0 Å². The smallest absolute Gasteiger partial charge is 0.326 e. The molecule has 2 rings (SSSR count). The average Bonchev–Trinajstić information content (AvgIpc) is 2.75. The number of hydrogen-bond donors (Lipinski definition) is 1. The van der Waals surface area contributed by atoms with Gasteiger partial charge in [-0.2, -0.15) is 0 Å². The van der Waals surface area contributed by atoms with Gasteiger partial charge in [-0.1, -0.05) is 0 Å². The molecule has 1 saturated heterocycles. The Morgan fingerprint density at radius 3 is 2.62 bits per heavy atom. The van der Waals surface area contributed by atoms with Crippen LogP contribution in [-0.2, 0) is 4.79 Å². The van der Waals surface area contributed by atoms with Gasteiger partial charge in [-0.25, -0.2) is 4.79 Å². The van der Waals surface area contributed by atoms with E-state index < -0.39 is 6.04 Å². The summed E-state index contributed by atoms with van der Waals surface area (Å²) in [4.78, 5) is 27.9. The molecule has 1 unspecified atom stereocenters. The highest BCUT2D eigenvalue weighted by Crippen LogP contribution is 2.14. The molecule has 1 amide bonds. The number of nitrogens with one attached hydrogen (secondary N) is 1. The largest absolute Gasteiger partial charge is 0.341 e. The predicted octanol–water partition coefficient (Wildman–Crippen LogP) is 0.750. The van der Waals surface area contributed by atoms with Gasteiger partial charge >= 0.3 is 5.69 Å². The Morgan fingerprint density at radius 2 is 2.06 bits per heavy atom. The number of likely N-dealkylation sites (tertiary alicyclic amines) is 1. The summed E-state index contributed by atoms with van der Waals surface area (Å²) in [6.45, 7) is 3.41. The number of imidazole rings is 1. The van der Waals surface area contributed by atoms with Crippen LogP contribution >= 0.6 is 0 Å². The second-order valence-electron chi connectivity index (χ2n) is 4.23. The number of amides is 1. The van der Waals surface area contributed by atoms with E-state index in [-0.39, 0.29) is 11.6 Å². The minimum Gasteiger partial charge on any atom is -0.341 e. The number of nitrogens with zero attached hydrogens (tertiary/aromatic N) is 2. The zero-order valence-electron chi connectivity index (χ0n) is 9.48. The van der Waals surface area contributed by atoms with Gasteiger partial charge in [0.2, 0.25) is 5.91 Å². The summed E-state index contributed by atoms with van der Waals surface area (Å²) in [5, 5.41) is 0. The molecule has 16 heavy (non-hydrogen) atoms. The highest BCUT2D eigenvalue weighted by molar-refractivity contribution is 5.80. The van der Waals surface area contributed by atoms with E-state index in [1.54, 1.807) is 19.3 Å². The number of aromatic amines is 1. The fourth-order valence-electron chi connectivity index (χ4n) is 2.13. The summed E-state index contributed by atoms with van der Waals surface area (Å²) in [7, 11) is 0. The van der Waals surface area contributed by atoms with E-state index in [1.807, 2.05) is 4.90 Å². The van der Waals surface area contributed by atoms with Crippen molar-refractivity contribution in [3.8, 4) is 0 Å². The molecule has 1 aliphatic rings. The average molecular weight is 223 g/mol. The van der Waals surface area contributed by atoms with E-state index in [2.05, 4.69) is 4.98 Å². The first-order valence-electron chi connectivity index (χ1n) is 5.74. The van der Waals surface area contributed by atoms with E-state index in [0.29, 0.717) is 0 Å². The molecule has 0 aromatic carbocycles. The fourth-order valence-corrected chi connectivity index (χ4v) is 2.13. The normalized spacial score (nSPS) is 18.4. The third kappa shape index (κ3) is 2.03. The second kappa shape index (κ2) is 4.55. The molecule has 88 valence electrons. The predicted molar refractivity (Wildman–Crippen MR) is 60.2 cm³/mol. The number of carbonyl (C=O) groups is 1. The maximum Gasteiger partial charge on any atom is 0.326 e. The minimum atomic E-state index is -0.406. The summed E-state index contributed by atoms with van der Waals surface area (Å²) >= 11 is 0. The molecule has 0 bridgehead atoms. The summed E-state index contributed by atoms with van der Waals surface area (Å²) in [5.74, 6) is 0.0430. The fraction of sp³-hybridized carbons (Fsp3) is 0.636. The third-order valence-electron chi connectivity index (χ3n) is 3.12. The monoisotopic (exact) mass is 223 g/mol. The number of rotatable bonds is 2. The molecule has 1 atom stereocenters. The van der Waals surface area contributed by atoms with Crippen LogP contribution in [0.15, 0.2) is 17.2 Å². The van der Waals surface area contributed by atoms with Gasteiger partial charge in [0.25, 0.3) is 0 Å². The van der Waals surface area contributed by atoms with Gasteiger partial charge in [-0.05, 0) is 26.2 Å². The van der Waals surface area contributed by atoms with Gasteiger partial charge < -0.3 is 9.88 Å². The lowest BCUT2D eigenvalue weighted by atomic mass is 10.1. The van der Waals surface area contributed by atoms with Crippen molar-refractivity contribution in [1.82, 2.24) is 14.5 Å². The third-order valence-corrected chi connectivity index (χ3v) is 3.12. The van der Waals surface area contributed by atoms with Crippen molar-refractivity contribution < 1.29 is 4.79 Å².